The summed E-state index contributed by atoms with van der Waals surface area (Å²) in [6.07, 6.45) is 4.61. The SMILES string of the molecule is NCC1(C(O)c2cncs2)CCC1. The Morgan fingerprint density at radius 3 is 2.85 bits per heavy atom. The predicted molar refractivity (Wildman–Crippen MR) is 52.4 cm³/mol. The van der Waals surface area contributed by atoms with Crippen molar-refractivity contribution in [1.29, 1.82) is 0 Å². The van der Waals surface area contributed by atoms with Gasteiger partial charge in [-0.1, -0.05) is 6.42 Å². The van der Waals surface area contributed by atoms with Gasteiger partial charge in [-0.2, -0.15) is 0 Å². The van der Waals surface area contributed by atoms with Gasteiger partial charge in [-0.3, -0.25) is 4.98 Å². The summed E-state index contributed by atoms with van der Waals surface area (Å²) in [5, 5.41) is 10.1. The molecule has 0 spiro atoms. The number of aromatic nitrogens is 1. The molecule has 0 aromatic carbocycles. The summed E-state index contributed by atoms with van der Waals surface area (Å²) in [4.78, 5) is 4.92. The minimum absolute atomic E-state index is 0.0491. The highest BCUT2D eigenvalue weighted by atomic mass is 32.1. The molecule has 0 saturated heterocycles. The minimum Gasteiger partial charge on any atom is -0.387 e. The van der Waals surface area contributed by atoms with E-state index in [0.29, 0.717) is 6.54 Å². The number of aliphatic hydroxyl groups excluding tert-OH is 1. The summed E-state index contributed by atoms with van der Waals surface area (Å²) < 4.78 is 0. The van der Waals surface area contributed by atoms with E-state index in [4.69, 9.17) is 5.73 Å². The van der Waals surface area contributed by atoms with Gasteiger partial charge in [0, 0.05) is 18.2 Å². The molecule has 1 aliphatic carbocycles. The van der Waals surface area contributed by atoms with Crippen LogP contribution in [0.5, 0.6) is 0 Å². The molecule has 0 bridgehead atoms. The Morgan fingerprint density at radius 2 is 2.46 bits per heavy atom. The maximum absolute atomic E-state index is 10.1. The van der Waals surface area contributed by atoms with Gasteiger partial charge in [0.2, 0.25) is 0 Å². The maximum Gasteiger partial charge on any atom is 0.0966 e. The summed E-state index contributed by atoms with van der Waals surface area (Å²) in [5.74, 6) is 0. The predicted octanol–water partition coefficient (Wildman–Crippen LogP) is 1.31. The van der Waals surface area contributed by atoms with Crippen LogP contribution in [0.3, 0.4) is 0 Å². The number of thiazole rings is 1. The highest BCUT2D eigenvalue weighted by Gasteiger charge is 2.43. The number of hydrogen-bond donors (Lipinski definition) is 2. The second-order valence-electron chi connectivity index (χ2n) is 3.73. The van der Waals surface area contributed by atoms with Crippen molar-refractivity contribution in [3.8, 4) is 0 Å². The van der Waals surface area contributed by atoms with Crippen LogP contribution >= 0.6 is 11.3 Å². The van der Waals surface area contributed by atoms with Crippen molar-refractivity contribution in [3.63, 3.8) is 0 Å². The lowest BCUT2D eigenvalue weighted by Gasteiger charge is -2.44. The Kier molecular flexibility index (Phi) is 2.36. The third kappa shape index (κ3) is 1.39. The zero-order valence-electron chi connectivity index (χ0n) is 7.44. The number of rotatable bonds is 3. The van der Waals surface area contributed by atoms with Crippen LogP contribution in [0.15, 0.2) is 11.7 Å². The van der Waals surface area contributed by atoms with E-state index in [1.54, 1.807) is 11.7 Å². The minimum atomic E-state index is -0.404. The molecule has 1 fully saturated rings. The van der Waals surface area contributed by atoms with Crippen LogP contribution in [0.25, 0.3) is 0 Å². The molecule has 1 aromatic heterocycles. The number of nitrogens with zero attached hydrogens (tertiary/aromatic N) is 1. The molecule has 1 atom stereocenters. The van der Waals surface area contributed by atoms with Gasteiger partial charge in [-0.05, 0) is 12.8 Å². The zero-order valence-corrected chi connectivity index (χ0v) is 8.26. The third-order valence-corrected chi connectivity index (χ3v) is 3.88. The molecule has 13 heavy (non-hydrogen) atoms. The summed E-state index contributed by atoms with van der Waals surface area (Å²) in [6, 6.07) is 0. The first-order chi connectivity index (χ1) is 6.28. The van der Waals surface area contributed by atoms with E-state index in [0.717, 1.165) is 17.7 Å². The van der Waals surface area contributed by atoms with Gasteiger partial charge >= 0.3 is 0 Å². The van der Waals surface area contributed by atoms with Crippen molar-refractivity contribution in [2.75, 3.05) is 6.54 Å². The van der Waals surface area contributed by atoms with Crippen molar-refractivity contribution in [3.05, 3.63) is 16.6 Å². The van der Waals surface area contributed by atoms with Gasteiger partial charge in [0.1, 0.15) is 0 Å². The van der Waals surface area contributed by atoms with E-state index in [-0.39, 0.29) is 5.41 Å². The lowest BCUT2D eigenvalue weighted by Crippen LogP contribution is -2.42. The average Bonchev–Trinajstić information content (AvgIpc) is 2.54. The number of hydrogen-bond acceptors (Lipinski definition) is 4. The summed E-state index contributed by atoms with van der Waals surface area (Å²) in [7, 11) is 0. The second-order valence-corrected chi connectivity index (χ2v) is 4.64. The molecule has 0 aliphatic heterocycles. The quantitative estimate of drug-likeness (QED) is 0.769. The second kappa shape index (κ2) is 3.36. The van der Waals surface area contributed by atoms with Gasteiger partial charge in [-0.15, -0.1) is 11.3 Å². The van der Waals surface area contributed by atoms with Crippen LogP contribution in [-0.2, 0) is 0 Å². The molecule has 1 aliphatic rings. The molecular weight excluding hydrogens is 184 g/mol. The standard InChI is InChI=1S/C9H14N2OS/c10-5-9(2-1-3-9)8(12)7-4-11-6-13-7/h4,6,8,12H,1-3,5,10H2. The van der Waals surface area contributed by atoms with E-state index >= 15 is 0 Å². The maximum atomic E-state index is 10.1. The van der Waals surface area contributed by atoms with Crippen LogP contribution in [0.2, 0.25) is 0 Å². The zero-order chi connectivity index (χ0) is 9.31. The third-order valence-electron chi connectivity index (χ3n) is 3.06. The Morgan fingerprint density at radius 1 is 1.69 bits per heavy atom. The molecule has 0 amide bonds. The van der Waals surface area contributed by atoms with Crippen molar-refractivity contribution in [2.45, 2.75) is 25.4 Å². The molecule has 72 valence electrons. The molecular formula is C9H14N2OS. The lowest BCUT2D eigenvalue weighted by molar-refractivity contribution is -0.0276. The van der Waals surface area contributed by atoms with Crippen LogP contribution in [0.4, 0.5) is 0 Å². The smallest absolute Gasteiger partial charge is 0.0966 e. The van der Waals surface area contributed by atoms with Gasteiger partial charge in [0.05, 0.1) is 16.5 Å². The Balaban J connectivity index is 2.16. The summed E-state index contributed by atoms with van der Waals surface area (Å²) in [5.41, 5.74) is 7.40. The van der Waals surface area contributed by atoms with Gasteiger partial charge in [0.15, 0.2) is 0 Å². The van der Waals surface area contributed by atoms with E-state index in [2.05, 4.69) is 4.98 Å². The van der Waals surface area contributed by atoms with E-state index < -0.39 is 6.10 Å². The number of aliphatic hydroxyl groups is 1. The normalized spacial score (nSPS) is 22.3. The van der Waals surface area contributed by atoms with Gasteiger partial charge in [-0.25, -0.2) is 0 Å². The molecule has 3 N–H and O–H groups in total. The largest absolute Gasteiger partial charge is 0.387 e. The first-order valence-corrected chi connectivity index (χ1v) is 5.43. The lowest BCUT2D eigenvalue weighted by atomic mass is 9.65. The monoisotopic (exact) mass is 198 g/mol. The molecule has 1 aromatic rings. The topological polar surface area (TPSA) is 59.1 Å². The molecule has 0 radical (unpaired) electrons. The van der Waals surface area contributed by atoms with Crippen molar-refractivity contribution in [1.82, 2.24) is 4.98 Å². The van der Waals surface area contributed by atoms with Gasteiger partial charge in [0.25, 0.3) is 0 Å². The van der Waals surface area contributed by atoms with E-state index in [9.17, 15) is 5.11 Å². The van der Waals surface area contributed by atoms with Crippen LogP contribution < -0.4 is 5.73 Å². The van der Waals surface area contributed by atoms with Crippen molar-refractivity contribution in [2.24, 2.45) is 11.1 Å². The molecule has 2 rings (SSSR count). The molecule has 1 unspecified atom stereocenters. The first kappa shape index (κ1) is 9.12. The Labute approximate surface area is 81.6 Å². The van der Waals surface area contributed by atoms with Crippen LogP contribution in [-0.4, -0.2) is 16.6 Å². The van der Waals surface area contributed by atoms with Crippen molar-refractivity contribution >= 4 is 11.3 Å². The highest BCUT2D eigenvalue weighted by Crippen LogP contribution is 2.49. The van der Waals surface area contributed by atoms with Crippen molar-refractivity contribution < 1.29 is 5.11 Å². The fraction of sp³-hybridized carbons (Fsp3) is 0.667. The summed E-state index contributed by atoms with van der Waals surface area (Å²) >= 11 is 1.51. The molecule has 1 heterocycles. The van der Waals surface area contributed by atoms with E-state index in [1.807, 2.05) is 0 Å². The van der Waals surface area contributed by atoms with Crippen LogP contribution in [0.1, 0.15) is 30.2 Å². The van der Waals surface area contributed by atoms with Gasteiger partial charge < -0.3 is 10.8 Å². The van der Waals surface area contributed by atoms with E-state index in [1.165, 1.54) is 17.8 Å². The molecule has 4 heteroatoms. The average molecular weight is 198 g/mol. The fourth-order valence-corrected chi connectivity index (χ4v) is 2.63. The summed E-state index contributed by atoms with van der Waals surface area (Å²) in [6.45, 7) is 0.575. The first-order valence-electron chi connectivity index (χ1n) is 4.55. The Bertz CT molecular complexity index is 264. The molecule has 3 nitrogen and oxygen atoms in total. The van der Waals surface area contributed by atoms with Crippen LogP contribution in [0, 0.1) is 5.41 Å². The fourth-order valence-electron chi connectivity index (χ4n) is 1.88. The number of nitrogens with two attached hydrogens (primary N) is 1. The highest BCUT2D eigenvalue weighted by molar-refractivity contribution is 7.09. The Hall–Kier alpha value is -0.450. The molecule has 1 saturated carbocycles.